The van der Waals surface area contributed by atoms with Crippen LogP contribution >= 0.6 is 15.9 Å². The number of fused-ring (bicyclic) bond motifs is 1. The molecular formula is C19H21BrN5O4S+. The third-order valence-corrected chi connectivity index (χ3v) is 7.61. The number of amides is 1. The van der Waals surface area contributed by atoms with Gasteiger partial charge in [0.05, 0.1) is 23.6 Å². The van der Waals surface area contributed by atoms with Crippen LogP contribution < -0.4 is 15.1 Å². The quantitative estimate of drug-likeness (QED) is 0.542. The van der Waals surface area contributed by atoms with Crippen molar-refractivity contribution in [2.24, 2.45) is 0 Å². The van der Waals surface area contributed by atoms with E-state index >= 15 is 0 Å². The lowest BCUT2D eigenvalue weighted by Gasteiger charge is -2.28. The molecule has 1 aliphatic rings. The maximum absolute atomic E-state index is 12.7. The van der Waals surface area contributed by atoms with Crippen molar-refractivity contribution < 1.29 is 22.5 Å². The molecule has 0 radical (unpaired) electrons. The Morgan fingerprint density at radius 2 is 1.87 bits per heavy atom. The largest absolute Gasteiger partial charge is 0.372 e. The van der Waals surface area contributed by atoms with Crippen molar-refractivity contribution in [2.75, 3.05) is 42.3 Å². The van der Waals surface area contributed by atoms with Gasteiger partial charge in [-0.2, -0.15) is 4.31 Å². The lowest BCUT2D eigenvalue weighted by Crippen LogP contribution is -2.66. The van der Waals surface area contributed by atoms with Gasteiger partial charge in [0, 0.05) is 34.6 Å². The van der Waals surface area contributed by atoms with Crippen molar-refractivity contribution in [3.05, 3.63) is 52.6 Å². The Bertz CT molecular complexity index is 1190. The number of hydrogen-bond donors (Lipinski definition) is 1. The van der Waals surface area contributed by atoms with Crippen LogP contribution in [0, 0.1) is 0 Å². The summed E-state index contributed by atoms with van der Waals surface area (Å²) in [6.07, 6.45) is 0. The molecule has 1 aromatic heterocycles. The average molecular weight is 495 g/mol. The number of carbonyl (C=O) groups excluding carboxylic acids is 1. The number of halogens is 1. The van der Waals surface area contributed by atoms with Crippen molar-refractivity contribution in [3.63, 3.8) is 0 Å². The second kappa shape index (κ2) is 8.32. The maximum atomic E-state index is 12.7. The fourth-order valence-corrected chi connectivity index (χ4v) is 4.87. The van der Waals surface area contributed by atoms with Gasteiger partial charge < -0.3 is 0 Å². The number of sulfonamides is 1. The number of benzene rings is 2. The van der Waals surface area contributed by atoms with Crippen molar-refractivity contribution in [1.82, 2.24) is 9.58 Å². The molecule has 1 saturated heterocycles. The van der Waals surface area contributed by atoms with Crippen LogP contribution in [0.4, 0.5) is 5.88 Å². The Labute approximate surface area is 182 Å². The minimum absolute atomic E-state index is 0.0821. The molecule has 158 valence electrons. The van der Waals surface area contributed by atoms with Gasteiger partial charge >= 0.3 is 10.5 Å². The van der Waals surface area contributed by atoms with Crippen molar-refractivity contribution >= 4 is 48.5 Å². The Morgan fingerprint density at radius 3 is 2.57 bits per heavy atom. The van der Waals surface area contributed by atoms with Gasteiger partial charge in [-0.15, -0.1) is 5.01 Å². The van der Waals surface area contributed by atoms with E-state index in [-0.39, 0.29) is 17.5 Å². The third kappa shape index (κ3) is 4.05. The molecule has 0 atom stereocenters. The molecule has 1 N–H and O–H groups in total. The highest BCUT2D eigenvalue weighted by molar-refractivity contribution is 9.10. The number of anilines is 1. The molecule has 0 aliphatic carbocycles. The van der Waals surface area contributed by atoms with Crippen LogP contribution in [0.5, 0.6) is 0 Å². The van der Waals surface area contributed by atoms with Crippen LogP contribution in [0.25, 0.3) is 10.8 Å². The maximum Gasteiger partial charge on any atom is 0.372 e. The number of rotatable bonds is 5. The molecule has 0 unspecified atom stereocenters. The second-order valence-electron chi connectivity index (χ2n) is 6.85. The van der Waals surface area contributed by atoms with Crippen LogP contribution in [-0.4, -0.2) is 55.8 Å². The van der Waals surface area contributed by atoms with Gasteiger partial charge in [0.15, 0.2) is 0 Å². The molecule has 1 aliphatic heterocycles. The normalized spacial score (nSPS) is 15.5. The first kappa shape index (κ1) is 20.8. The molecule has 0 spiro atoms. The van der Waals surface area contributed by atoms with Gasteiger partial charge in [-0.1, -0.05) is 30.3 Å². The highest BCUT2D eigenvalue weighted by Crippen LogP contribution is 2.20. The predicted molar refractivity (Wildman–Crippen MR) is 115 cm³/mol. The first-order valence-corrected chi connectivity index (χ1v) is 11.9. The first-order valence-electron chi connectivity index (χ1n) is 9.50. The summed E-state index contributed by atoms with van der Waals surface area (Å²) in [4.78, 5) is 14.2. The molecule has 30 heavy (non-hydrogen) atoms. The average Bonchev–Trinajstić information content (AvgIpc) is 3.13. The summed E-state index contributed by atoms with van der Waals surface area (Å²) >= 11 is 3.41. The highest BCUT2D eigenvalue weighted by Gasteiger charge is 2.34. The van der Waals surface area contributed by atoms with Crippen LogP contribution in [0.3, 0.4) is 0 Å². The minimum atomic E-state index is -3.21. The number of aromatic nitrogens is 2. The van der Waals surface area contributed by atoms with E-state index in [4.69, 9.17) is 4.52 Å². The van der Waals surface area contributed by atoms with Gasteiger partial charge in [0.25, 0.3) is 5.91 Å². The van der Waals surface area contributed by atoms with Gasteiger partial charge in [0.2, 0.25) is 15.3 Å². The van der Waals surface area contributed by atoms with E-state index in [0.29, 0.717) is 36.3 Å². The van der Waals surface area contributed by atoms with E-state index in [1.54, 1.807) is 13.0 Å². The minimum Gasteiger partial charge on any atom is -0.284 e. The van der Waals surface area contributed by atoms with Crippen molar-refractivity contribution in [1.29, 1.82) is 0 Å². The summed E-state index contributed by atoms with van der Waals surface area (Å²) in [5.41, 5.74) is 0.502. The summed E-state index contributed by atoms with van der Waals surface area (Å²) in [6, 6.07) is 13.3. The Balaban J connectivity index is 1.46. The topological polar surface area (TPSA) is 99.6 Å². The first-order chi connectivity index (χ1) is 14.4. The molecule has 2 heterocycles. The van der Waals surface area contributed by atoms with E-state index in [0.717, 1.165) is 10.8 Å². The number of nitrogens with one attached hydrogen (secondary N) is 1. The molecule has 1 fully saturated rings. The summed E-state index contributed by atoms with van der Waals surface area (Å²) < 4.78 is 31.3. The van der Waals surface area contributed by atoms with E-state index in [9.17, 15) is 13.2 Å². The fourth-order valence-electron chi connectivity index (χ4n) is 3.33. The zero-order valence-corrected chi connectivity index (χ0v) is 18.7. The van der Waals surface area contributed by atoms with Crippen molar-refractivity contribution in [2.45, 2.75) is 6.92 Å². The molecule has 3 aromatic rings. The number of carbonyl (C=O) groups is 1. The summed E-state index contributed by atoms with van der Waals surface area (Å²) in [5, 5.41) is 10.6. The number of nitrogens with zero attached hydrogens (tertiary/aromatic N) is 4. The summed E-state index contributed by atoms with van der Waals surface area (Å²) in [5.74, 6) is -0.0564. The Hall–Kier alpha value is -2.50. The van der Waals surface area contributed by atoms with E-state index in [1.165, 1.54) is 9.10 Å². The van der Waals surface area contributed by atoms with Gasteiger partial charge in [-0.05, 0) is 29.8 Å². The fraction of sp³-hybridized carbons (Fsp3) is 0.316. The van der Waals surface area contributed by atoms with Crippen LogP contribution in [0.1, 0.15) is 17.3 Å². The monoisotopic (exact) mass is 494 g/mol. The van der Waals surface area contributed by atoms with Gasteiger partial charge in [0.1, 0.15) is 0 Å². The van der Waals surface area contributed by atoms with Gasteiger partial charge in [-0.25, -0.2) is 8.42 Å². The Morgan fingerprint density at radius 1 is 1.17 bits per heavy atom. The van der Waals surface area contributed by atoms with Crippen LogP contribution in [0.2, 0.25) is 0 Å². The molecule has 11 heteroatoms. The predicted octanol–water partition coefficient (Wildman–Crippen LogP) is 1.73. The lowest BCUT2D eigenvalue weighted by atomic mass is 10.1. The molecule has 0 saturated carbocycles. The zero-order valence-electron chi connectivity index (χ0n) is 16.3. The van der Waals surface area contributed by atoms with E-state index in [1.807, 2.05) is 41.4 Å². The molecular weight excluding hydrogens is 474 g/mol. The molecule has 0 bridgehead atoms. The van der Waals surface area contributed by atoms with E-state index in [2.05, 4.69) is 26.5 Å². The molecule has 9 nitrogen and oxygen atoms in total. The van der Waals surface area contributed by atoms with Crippen molar-refractivity contribution in [3.8, 4) is 0 Å². The zero-order chi connectivity index (χ0) is 21.3. The Kier molecular flexibility index (Phi) is 5.76. The SMILES string of the molecule is CCS(=O)(=O)N1CCN([n+]2noc(NC(=O)c3ccc4ccccc4c3)c2Br)CC1. The molecule has 1 amide bonds. The lowest BCUT2D eigenvalue weighted by molar-refractivity contribution is -0.768. The summed E-state index contributed by atoms with van der Waals surface area (Å²) in [6.45, 7) is 3.26. The summed E-state index contributed by atoms with van der Waals surface area (Å²) in [7, 11) is -3.21. The number of hydrogen-bond acceptors (Lipinski definition) is 6. The van der Waals surface area contributed by atoms with Crippen LogP contribution in [-0.2, 0) is 10.0 Å². The van der Waals surface area contributed by atoms with E-state index < -0.39 is 10.0 Å². The second-order valence-corrected chi connectivity index (χ2v) is 9.86. The third-order valence-electron chi connectivity index (χ3n) is 5.05. The standard InChI is InChI=1S/C19H20BrN5O4S/c1-2-30(27,28)24-11-9-23(10-12-24)25-17(20)19(29-22-25)21-18(26)16-8-7-14-5-3-4-6-15(14)13-16/h3-8,13H,2,9-12H2,1H3/p+1. The van der Waals surface area contributed by atoms with Crippen LogP contribution in [0.15, 0.2) is 51.6 Å². The highest BCUT2D eigenvalue weighted by atomic mass is 79.9. The van der Waals surface area contributed by atoms with Gasteiger partial charge in [-0.3, -0.25) is 14.6 Å². The molecule has 4 rings (SSSR count). The smallest absolute Gasteiger partial charge is 0.284 e. The number of piperazine rings is 1. The molecule has 2 aromatic carbocycles.